The molecule has 1 aromatic rings. The Morgan fingerprint density at radius 2 is 1.94 bits per heavy atom. The van der Waals surface area contributed by atoms with Crippen LogP contribution in [0.25, 0.3) is 0 Å². The Balaban J connectivity index is 2.61. The minimum Gasteiger partial charge on any atom is -0.508 e. The normalized spacial score (nSPS) is 13.4. The van der Waals surface area contributed by atoms with E-state index in [2.05, 4.69) is 5.32 Å². The minimum absolute atomic E-state index is 0.0155. The molecule has 4 nitrogen and oxygen atoms in total. The number of hydrogen-bond donors (Lipinski definition) is 2. The second-order valence-electron chi connectivity index (χ2n) is 4.21. The largest absolute Gasteiger partial charge is 0.508 e. The van der Waals surface area contributed by atoms with Crippen LogP contribution >= 0.6 is 0 Å². The summed E-state index contributed by atoms with van der Waals surface area (Å²) in [4.78, 5) is 0. The van der Waals surface area contributed by atoms with Crippen LogP contribution in [0.5, 0.6) is 5.75 Å². The summed E-state index contributed by atoms with van der Waals surface area (Å²) in [6.45, 7) is 4.05. The lowest BCUT2D eigenvalue weighted by atomic mass is 10.0. The SMILES string of the molecule is CCC(NCCS(=O)(=O)CC)c1ccccc1O. The average molecular weight is 271 g/mol. The smallest absolute Gasteiger partial charge is 0.151 e. The second-order valence-corrected chi connectivity index (χ2v) is 6.68. The van der Waals surface area contributed by atoms with Crippen LogP contribution < -0.4 is 5.32 Å². The number of rotatable bonds is 7. The van der Waals surface area contributed by atoms with Crippen LogP contribution in [0, 0.1) is 0 Å². The Kier molecular flexibility index (Phi) is 5.62. The third kappa shape index (κ3) is 4.31. The monoisotopic (exact) mass is 271 g/mol. The van der Waals surface area contributed by atoms with Crippen LogP contribution in [-0.2, 0) is 9.84 Å². The molecule has 0 fully saturated rings. The molecule has 0 radical (unpaired) electrons. The van der Waals surface area contributed by atoms with Crippen LogP contribution in [0.1, 0.15) is 31.9 Å². The van der Waals surface area contributed by atoms with Crippen molar-refractivity contribution in [1.82, 2.24) is 5.32 Å². The van der Waals surface area contributed by atoms with Crippen molar-refractivity contribution in [3.63, 3.8) is 0 Å². The molecule has 1 unspecified atom stereocenters. The zero-order valence-electron chi connectivity index (χ0n) is 10.9. The topological polar surface area (TPSA) is 66.4 Å². The molecule has 0 aliphatic rings. The van der Waals surface area contributed by atoms with E-state index in [1.165, 1.54) is 0 Å². The van der Waals surface area contributed by atoms with Crippen molar-refractivity contribution in [2.45, 2.75) is 26.3 Å². The summed E-state index contributed by atoms with van der Waals surface area (Å²) in [7, 11) is -2.94. The lowest BCUT2D eigenvalue weighted by Gasteiger charge is -2.18. The quantitative estimate of drug-likeness (QED) is 0.794. The molecule has 1 rings (SSSR count). The Hall–Kier alpha value is -1.07. The lowest BCUT2D eigenvalue weighted by molar-refractivity contribution is 0.444. The van der Waals surface area contributed by atoms with Crippen LogP contribution in [-0.4, -0.2) is 31.6 Å². The van der Waals surface area contributed by atoms with Crippen molar-refractivity contribution in [3.05, 3.63) is 29.8 Å². The number of aromatic hydroxyl groups is 1. The van der Waals surface area contributed by atoms with Gasteiger partial charge in [0.1, 0.15) is 5.75 Å². The van der Waals surface area contributed by atoms with Crippen molar-refractivity contribution >= 4 is 9.84 Å². The molecule has 102 valence electrons. The predicted molar refractivity (Wildman–Crippen MR) is 73.5 cm³/mol. The summed E-state index contributed by atoms with van der Waals surface area (Å²) in [5.41, 5.74) is 0.814. The first kappa shape index (κ1) is 15.0. The van der Waals surface area contributed by atoms with Gasteiger partial charge in [0.05, 0.1) is 5.75 Å². The van der Waals surface area contributed by atoms with Crippen molar-refractivity contribution < 1.29 is 13.5 Å². The van der Waals surface area contributed by atoms with Crippen molar-refractivity contribution in [2.24, 2.45) is 0 Å². The molecule has 18 heavy (non-hydrogen) atoms. The molecule has 0 saturated heterocycles. The maximum atomic E-state index is 11.4. The molecule has 5 heteroatoms. The maximum Gasteiger partial charge on any atom is 0.151 e. The molecule has 2 N–H and O–H groups in total. The molecular formula is C13H21NO3S. The zero-order chi connectivity index (χ0) is 13.6. The van der Waals surface area contributed by atoms with Gasteiger partial charge in [-0.2, -0.15) is 0 Å². The molecule has 0 heterocycles. The van der Waals surface area contributed by atoms with Gasteiger partial charge in [-0.05, 0) is 12.5 Å². The van der Waals surface area contributed by atoms with E-state index < -0.39 is 9.84 Å². The fourth-order valence-corrected chi connectivity index (χ4v) is 2.51. The minimum atomic E-state index is -2.94. The molecule has 0 aromatic heterocycles. The van der Waals surface area contributed by atoms with Gasteiger partial charge in [-0.15, -0.1) is 0 Å². The van der Waals surface area contributed by atoms with Gasteiger partial charge in [-0.3, -0.25) is 0 Å². The van der Waals surface area contributed by atoms with Gasteiger partial charge >= 0.3 is 0 Å². The van der Waals surface area contributed by atoms with E-state index in [0.29, 0.717) is 6.54 Å². The predicted octanol–water partition coefficient (Wildman–Crippen LogP) is 1.87. The highest BCUT2D eigenvalue weighted by Gasteiger charge is 2.14. The molecule has 1 aromatic carbocycles. The van der Waals surface area contributed by atoms with E-state index in [1.54, 1.807) is 19.1 Å². The molecular weight excluding hydrogens is 250 g/mol. The molecule has 1 atom stereocenters. The zero-order valence-corrected chi connectivity index (χ0v) is 11.7. The van der Waals surface area contributed by atoms with E-state index in [0.717, 1.165) is 12.0 Å². The maximum absolute atomic E-state index is 11.4. The number of benzene rings is 1. The van der Waals surface area contributed by atoms with Crippen molar-refractivity contribution in [1.29, 1.82) is 0 Å². The van der Waals surface area contributed by atoms with Gasteiger partial charge in [0.15, 0.2) is 9.84 Å². The standard InChI is InChI=1S/C13H21NO3S/c1-3-12(11-7-5-6-8-13(11)15)14-9-10-18(16,17)4-2/h5-8,12,14-15H,3-4,9-10H2,1-2H3. The Morgan fingerprint density at radius 3 is 2.50 bits per heavy atom. The van der Waals surface area contributed by atoms with Gasteiger partial charge in [0, 0.05) is 23.9 Å². The van der Waals surface area contributed by atoms with Gasteiger partial charge in [-0.1, -0.05) is 32.0 Å². The number of nitrogens with one attached hydrogen (secondary N) is 1. The Labute approximate surface area is 109 Å². The third-order valence-corrected chi connectivity index (χ3v) is 4.67. The molecule has 0 bridgehead atoms. The second kappa shape index (κ2) is 6.75. The molecule has 0 aliphatic heterocycles. The number of phenolic OH excluding ortho intramolecular Hbond substituents is 1. The molecule has 0 spiro atoms. The summed E-state index contributed by atoms with van der Waals surface area (Å²) >= 11 is 0. The molecule has 0 amide bonds. The average Bonchev–Trinajstić information content (AvgIpc) is 2.36. The van der Waals surface area contributed by atoms with E-state index in [4.69, 9.17) is 0 Å². The van der Waals surface area contributed by atoms with Crippen LogP contribution in [0.4, 0.5) is 0 Å². The number of hydrogen-bond acceptors (Lipinski definition) is 4. The molecule has 0 aliphatic carbocycles. The highest BCUT2D eigenvalue weighted by Crippen LogP contribution is 2.25. The summed E-state index contributed by atoms with van der Waals surface area (Å²) in [5, 5.41) is 12.9. The van der Waals surface area contributed by atoms with E-state index in [-0.39, 0.29) is 23.3 Å². The summed E-state index contributed by atoms with van der Waals surface area (Å²) < 4.78 is 22.8. The number of para-hydroxylation sites is 1. The van der Waals surface area contributed by atoms with Crippen LogP contribution in [0.3, 0.4) is 0 Å². The van der Waals surface area contributed by atoms with Crippen LogP contribution in [0.15, 0.2) is 24.3 Å². The van der Waals surface area contributed by atoms with E-state index in [1.807, 2.05) is 19.1 Å². The fraction of sp³-hybridized carbons (Fsp3) is 0.538. The van der Waals surface area contributed by atoms with E-state index >= 15 is 0 Å². The summed E-state index contributed by atoms with van der Waals surface area (Å²) in [6.07, 6.45) is 0.795. The first-order valence-electron chi connectivity index (χ1n) is 6.22. The van der Waals surface area contributed by atoms with E-state index in [9.17, 15) is 13.5 Å². The first-order chi connectivity index (χ1) is 8.50. The Morgan fingerprint density at radius 1 is 1.28 bits per heavy atom. The van der Waals surface area contributed by atoms with Gasteiger partial charge < -0.3 is 10.4 Å². The van der Waals surface area contributed by atoms with Crippen molar-refractivity contribution in [3.8, 4) is 5.75 Å². The highest BCUT2D eigenvalue weighted by atomic mass is 32.2. The summed E-state index contributed by atoms with van der Waals surface area (Å²) in [6, 6.07) is 7.11. The first-order valence-corrected chi connectivity index (χ1v) is 8.04. The van der Waals surface area contributed by atoms with Gasteiger partial charge in [0.25, 0.3) is 0 Å². The summed E-state index contributed by atoms with van der Waals surface area (Å²) in [5.74, 6) is 0.547. The number of sulfone groups is 1. The molecule has 0 saturated carbocycles. The Bertz CT molecular complexity index is 471. The van der Waals surface area contributed by atoms with Gasteiger partial charge in [-0.25, -0.2) is 8.42 Å². The third-order valence-electron chi connectivity index (χ3n) is 2.96. The van der Waals surface area contributed by atoms with Crippen LogP contribution in [0.2, 0.25) is 0 Å². The lowest BCUT2D eigenvalue weighted by Crippen LogP contribution is -2.27. The number of phenols is 1. The fourth-order valence-electron chi connectivity index (χ4n) is 1.79. The van der Waals surface area contributed by atoms with Crippen molar-refractivity contribution in [2.75, 3.05) is 18.1 Å². The highest BCUT2D eigenvalue weighted by molar-refractivity contribution is 7.91. The van der Waals surface area contributed by atoms with Gasteiger partial charge in [0.2, 0.25) is 0 Å².